The lowest BCUT2D eigenvalue weighted by Gasteiger charge is -2.37. The molecule has 2 rings (SSSR count). The Labute approximate surface area is 123 Å². The van der Waals surface area contributed by atoms with Gasteiger partial charge in [-0.2, -0.15) is 0 Å². The van der Waals surface area contributed by atoms with Gasteiger partial charge >= 0.3 is 5.97 Å². The first-order valence-electron chi connectivity index (χ1n) is 6.71. The summed E-state index contributed by atoms with van der Waals surface area (Å²) < 4.78 is 0. The lowest BCUT2D eigenvalue weighted by atomic mass is 9.66. The first-order chi connectivity index (χ1) is 9.43. The van der Waals surface area contributed by atoms with Gasteiger partial charge in [0, 0.05) is 11.4 Å². The summed E-state index contributed by atoms with van der Waals surface area (Å²) in [4.78, 5) is 23.3. The molecule has 1 unspecified atom stereocenters. The Morgan fingerprint density at radius 3 is 2.65 bits per heavy atom. The molecule has 0 radical (unpaired) electrons. The minimum atomic E-state index is -0.866. The van der Waals surface area contributed by atoms with E-state index in [2.05, 4.69) is 5.32 Å². The Morgan fingerprint density at radius 1 is 1.45 bits per heavy atom. The van der Waals surface area contributed by atoms with Gasteiger partial charge in [-0.05, 0) is 37.5 Å². The van der Waals surface area contributed by atoms with E-state index in [0.717, 1.165) is 12.0 Å². The molecule has 108 valence electrons. The van der Waals surface area contributed by atoms with Crippen LogP contribution in [0.2, 0.25) is 5.02 Å². The van der Waals surface area contributed by atoms with E-state index in [1.165, 1.54) is 0 Å². The summed E-state index contributed by atoms with van der Waals surface area (Å²) in [6.45, 7) is 1.86. The maximum absolute atomic E-state index is 12.0. The predicted molar refractivity (Wildman–Crippen MR) is 76.5 cm³/mol. The Balaban J connectivity index is 1.96. The Hall–Kier alpha value is -1.55. The monoisotopic (exact) mass is 295 g/mol. The number of rotatable bonds is 5. The topological polar surface area (TPSA) is 66.4 Å². The van der Waals surface area contributed by atoms with Crippen LogP contribution in [0.15, 0.2) is 24.3 Å². The van der Waals surface area contributed by atoms with Gasteiger partial charge in [-0.15, -0.1) is 0 Å². The summed E-state index contributed by atoms with van der Waals surface area (Å²) in [5, 5.41) is 12.7. The van der Waals surface area contributed by atoms with Crippen LogP contribution < -0.4 is 5.32 Å². The lowest BCUT2D eigenvalue weighted by Crippen LogP contribution is -2.43. The van der Waals surface area contributed by atoms with Crippen LogP contribution in [0, 0.1) is 5.41 Å². The van der Waals surface area contributed by atoms with Crippen molar-refractivity contribution in [3.63, 3.8) is 0 Å². The third-order valence-electron chi connectivity index (χ3n) is 3.99. The van der Waals surface area contributed by atoms with Crippen molar-refractivity contribution in [1.82, 2.24) is 5.32 Å². The van der Waals surface area contributed by atoms with E-state index in [9.17, 15) is 14.7 Å². The van der Waals surface area contributed by atoms with Crippen molar-refractivity contribution < 1.29 is 14.7 Å². The quantitative estimate of drug-likeness (QED) is 0.877. The number of carbonyl (C=O) groups excluding carboxylic acids is 1. The third kappa shape index (κ3) is 3.12. The fourth-order valence-corrected chi connectivity index (χ4v) is 2.73. The lowest BCUT2D eigenvalue weighted by molar-refractivity contribution is -0.157. The molecule has 0 bridgehead atoms. The van der Waals surface area contributed by atoms with Crippen molar-refractivity contribution in [2.45, 2.75) is 38.6 Å². The second kappa shape index (κ2) is 5.83. The van der Waals surface area contributed by atoms with Gasteiger partial charge in [-0.1, -0.05) is 30.2 Å². The fraction of sp³-hybridized carbons (Fsp3) is 0.467. The third-order valence-corrected chi connectivity index (χ3v) is 4.22. The summed E-state index contributed by atoms with van der Waals surface area (Å²) in [5.74, 6) is -1.09. The van der Waals surface area contributed by atoms with E-state index < -0.39 is 11.4 Å². The maximum atomic E-state index is 12.0. The zero-order valence-electron chi connectivity index (χ0n) is 11.4. The molecular weight excluding hydrogens is 278 g/mol. The molecule has 1 aromatic carbocycles. The first-order valence-corrected chi connectivity index (χ1v) is 7.09. The maximum Gasteiger partial charge on any atom is 0.310 e. The van der Waals surface area contributed by atoms with Crippen molar-refractivity contribution in [3.05, 3.63) is 34.9 Å². The van der Waals surface area contributed by atoms with Crippen LogP contribution in [0.3, 0.4) is 0 Å². The molecule has 5 heteroatoms. The molecule has 20 heavy (non-hydrogen) atoms. The zero-order chi connectivity index (χ0) is 14.8. The molecule has 1 aliphatic rings. The van der Waals surface area contributed by atoms with Gasteiger partial charge in [0.15, 0.2) is 0 Å². The Morgan fingerprint density at radius 2 is 2.15 bits per heavy atom. The van der Waals surface area contributed by atoms with Crippen molar-refractivity contribution >= 4 is 23.5 Å². The smallest absolute Gasteiger partial charge is 0.310 e. The van der Waals surface area contributed by atoms with Crippen molar-refractivity contribution in [1.29, 1.82) is 0 Å². The van der Waals surface area contributed by atoms with E-state index >= 15 is 0 Å². The normalized spacial score (nSPS) is 17.9. The van der Waals surface area contributed by atoms with E-state index in [1.807, 2.05) is 19.1 Å². The second-order valence-corrected chi connectivity index (χ2v) is 5.90. The van der Waals surface area contributed by atoms with Crippen LogP contribution in [0.4, 0.5) is 0 Å². The van der Waals surface area contributed by atoms with Gasteiger partial charge in [0.1, 0.15) is 0 Å². The molecule has 1 aliphatic carbocycles. The van der Waals surface area contributed by atoms with Crippen molar-refractivity contribution in [2.75, 3.05) is 0 Å². The molecular formula is C15H18ClNO3. The molecule has 0 aliphatic heterocycles. The highest BCUT2D eigenvalue weighted by Gasteiger charge is 2.45. The number of carboxylic acids is 1. The minimum Gasteiger partial charge on any atom is -0.481 e. The summed E-state index contributed by atoms with van der Waals surface area (Å²) >= 11 is 5.91. The van der Waals surface area contributed by atoms with Gasteiger partial charge in [0.25, 0.3) is 0 Å². The summed E-state index contributed by atoms with van der Waals surface area (Å²) in [7, 11) is 0. The van der Waals surface area contributed by atoms with Gasteiger partial charge in [0.05, 0.1) is 11.5 Å². The van der Waals surface area contributed by atoms with Gasteiger partial charge in [-0.25, -0.2) is 0 Å². The van der Waals surface area contributed by atoms with Crippen LogP contribution in [0.5, 0.6) is 0 Å². The standard InChI is InChI=1S/C15H18ClNO3/c1-10(11-4-2-5-12(16)8-11)17-13(18)9-15(14(19)20)6-3-7-15/h2,4-5,8,10H,3,6-7,9H2,1H3,(H,17,18)(H,19,20). The van der Waals surface area contributed by atoms with E-state index in [1.54, 1.807) is 12.1 Å². The van der Waals surface area contributed by atoms with E-state index in [4.69, 9.17) is 11.6 Å². The number of carboxylic acid groups (broad SMARTS) is 1. The fourth-order valence-electron chi connectivity index (χ4n) is 2.53. The van der Waals surface area contributed by atoms with E-state index in [0.29, 0.717) is 17.9 Å². The highest BCUT2D eigenvalue weighted by molar-refractivity contribution is 6.30. The van der Waals surface area contributed by atoms with Crippen LogP contribution in [0.25, 0.3) is 0 Å². The first kappa shape index (κ1) is 14.9. The second-order valence-electron chi connectivity index (χ2n) is 5.46. The van der Waals surface area contributed by atoms with Gasteiger partial charge < -0.3 is 10.4 Å². The molecule has 1 aromatic rings. The van der Waals surface area contributed by atoms with Crippen molar-refractivity contribution in [3.8, 4) is 0 Å². The molecule has 1 atom stereocenters. The number of nitrogens with one attached hydrogen (secondary N) is 1. The average Bonchev–Trinajstić information content (AvgIpc) is 2.33. The largest absolute Gasteiger partial charge is 0.481 e. The highest BCUT2D eigenvalue weighted by Crippen LogP contribution is 2.44. The van der Waals surface area contributed by atoms with Gasteiger partial charge in [-0.3, -0.25) is 9.59 Å². The number of hydrogen-bond acceptors (Lipinski definition) is 2. The molecule has 1 fully saturated rings. The number of hydrogen-bond donors (Lipinski definition) is 2. The average molecular weight is 296 g/mol. The van der Waals surface area contributed by atoms with Crippen LogP contribution >= 0.6 is 11.6 Å². The molecule has 0 aromatic heterocycles. The number of carbonyl (C=O) groups is 2. The summed E-state index contributed by atoms with van der Waals surface area (Å²) in [6.07, 6.45) is 2.10. The number of benzene rings is 1. The predicted octanol–water partition coefficient (Wildman–Crippen LogP) is 3.16. The van der Waals surface area contributed by atoms with Crippen molar-refractivity contribution in [2.24, 2.45) is 5.41 Å². The number of halogens is 1. The molecule has 1 saturated carbocycles. The Kier molecular flexibility index (Phi) is 4.33. The minimum absolute atomic E-state index is 0.0488. The van der Waals surface area contributed by atoms with Gasteiger partial charge in [0.2, 0.25) is 5.91 Å². The summed E-state index contributed by atoms with van der Waals surface area (Å²) in [6, 6.07) is 7.08. The molecule has 1 amide bonds. The zero-order valence-corrected chi connectivity index (χ0v) is 12.1. The molecule has 0 spiro atoms. The highest BCUT2D eigenvalue weighted by atomic mass is 35.5. The van der Waals surface area contributed by atoms with Crippen LogP contribution in [-0.4, -0.2) is 17.0 Å². The number of amides is 1. The number of aliphatic carboxylic acids is 1. The van der Waals surface area contributed by atoms with E-state index in [-0.39, 0.29) is 18.4 Å². The molecule has 0 saturated heterocycles. The van der Waals surface area contributed by atoms with Crippen LogP contribution in [0.1, 0.15) is 44.2 Å². The molecule has 0 heterocycles. The summed E-state index contributed by atoms with van der Waals surface area (Å²) in [5.41, 5.74) is 0.0573. The molecule has 4 nitrogen and oxygen atoms in total. The Bertz CT molecular complexity index is 526. The SMILES string of the molecule is CC(NC(=O)CC1(C(=O)O)CCC1)c1cccc(Cl)c1. The molecule has 2 N–H and O–H groups in total. The van der Waals surface area contributed by atoms with Crippen LogP contribution in [-0.2, 0) is 9.59 Å².